The second kappa shape index (κ2) is 11.0. The third-order valence-electron chi connectivity index (χ3n) is 9.08. The summed E-state index contributed by atoms with van der Waals surface area (Å²) in [6.07, 6.45) is 3.32. The highest BCUT2D eigenvalue weighted by molar-refractivity contribution is 7.18. The number of hydrogen-bond acceptors (Lipinski definition) is 9. The van der Waals surface area contributed by atoms with Gasteiger partial charge in [-0.15, -0.1) is 11.3 Å². The minimum Gasteiger partial charge on any atom is -0.458 e. The van der Waals surface area contributed by atoms with Crippen LogP contribution in [0.4, 0.5) is 9.80 Å². The largest absolute Gasteiger partial charge is 0.458 e. The number of fused-ring (bicyclic) bond motifs is 1. The van der Waals surface area contributed by atoms with Crippen LogP contribution in [0.25, 0.3) is 0 Å². The van der Waals surface area contributed by atoms with Gasteiger partial charge in [0.25, 0.3) is 5.91 Å². The van der Waals surface area contributed by atoms with Crippen LogP contribution in [-0.4, -0.2) is 88.4 Å². The molecule has 224 valence electrons. The molecule has 3 saturated heterocycles. The van der Waals surface area contributed by atoms with Crippen LogP contribution in [-0.2, 0) is 27.3 Å². The molecular formula is C31H38N4O6S. The smallest absolute Gasteiger partial charge is 0.411 e. The van der Waals surface area contributed by atoms with Crippen molar-refractivity contribution in [1.29, 1.82) is 0 Å². The summed E-state index contributed by atoms with van der Waals surface area (Å²) in [5, 5.41) is 0.432. The molecule has 1 atom stereocenters. The van der Waals surface area contributed by atoms with Gasteiger partial charge in [0.15, 0.2) is 11.3 Å². The lowest BCUT2D eigenvalue weighted by Crippen LogP contribution is -2.68. The number of esters is 1. The lowest BCUT2D eigenvalue weighted by Gasteiger charge is -2.49. The summed E-state index contributed by atoms with van der Waals surface area (Å²) >= 11 is 1.24. The molecule has 1 spiro atoms. The summed E-state index contributed by atoms with van der Waals surface area (Å²) < 4.78 is 11.4. The molecule has 2 N–H and O–H groups in total. The van der Waals surface area contributed by atoms with E-state index in [1.54, 1.807) is 4.90 Å². The minimum atomic E-state index is -1.13. The molecule has 42 heavy (non-hydrogen) atoms. The number of likely N-dealkylation sites (tertiary alicyclic amines) is 1. The highest BCUT2D eigenvalue weighted by atomic mass is 32.1. The third kappa shape index (κ3) is 5.17. The number of nitrogens with two attached hydrogens (primary N) is 1. The molecule has 1 aromatic carbocycles. The molecule has 3 fully saturated rings. The second-order valence-electron chi connectivity index (χ2n) is 12.5. The Morgan fingerprint density at radius 3 is 2.50 bits per heavy atom. The number of hydrogen-bond donors (Lipinski definition) is 1. The van der Waals surface area contributed by atoms with E-state index in [0.717, 1.165) is 30.4 Å². The van der Waals surface area contributed by atoms with E-state index in [0.29, 0.717) is 67.4 Å². The van der Waals surface area contributed by atoms with Crippen LogP contribution in [0.1, 0.15) is 77.1 Å². The van der Waals surface area contributed by atoms with Crippen LogP contribution in [0.5, 0.6) is 0 Å². The number of piperazine rings is 1. The maximum absolute atomic E-state index is 13.6. The molecule has 2 aromatic rings. The zero-order valence-corrected chi connectivity index (χ0v) is 25.0. The summed E-state index contributed by atoms with van der Waals surface area (Å²) in [4.78, 5) is 59.1. The number of nitrogens with zero attached hydrogens (tertiary/aromatic N) is 3. The Balaban J connectivity index is 1.13. The van der Waals surface area contributed by atoms with Crippen LogP contribution in [0, 0.1) is 0 Å². The van der Waals surface area contributed by atoms with E-state index in [9.17, 15) is 19.2 Å². The van der Waals surface area contributed by atoms with Crippen LogP contribution < -0.4 is 5.73 Å². The van der Waals surface area contributed by atoms with Gasteiger partial charge in [-0.25, -0.2) is 9.59 Å². The molecule has 11 heteroatoms. The van der Waals surface area contributed by atoms with Gasteiger partial charge in [0, 0.05) is 51.6 Å². The molecule has 10 nitrogen and oxygen atoms in total. The fourth-order valence-corrected chi connectivity index (χ4v) is 8.19. The first-order valence-electron chi connectivity index (χ1n) is 14.8. The van der Waals surface area contributed by atoms with Crippen molar-refractivity contribution in [3.05, 3.63) is 51.9 Å². The molecule has 4 heterocycles. The van der Waals surface area contributed by atoms with E-state index in [1.807, 2.05) is 49.1 Å². The van der Waals surface area contributed by atoms with Crippen LogP contribution >= 0.6 is 11.3 Å². The Morgan fingerprint density at radius 2 is 1.81 bits per heavy atom. The number of carbonyl (C=O) groups excluding carboxylic acids is 4. The van der Waals surface area contributed by atoms with E-state index in [4.69, 9.17) is 15.2 Å². The van der Waals surface area contributed by atoms with Crippen molar-refractivity contribution in [2.45, 2.75) is 76.2 Å². The number of thiophene rings is 1. The van der Waals surface area contributed by atoms with Crippen LogP contribution in [0.2, 0.25) is 0 Å². The van der Waals surface area contributed by atoms with Gasteiger partial charge in [-0.2, -0.15) is 0 Å². The minimum absolute atomic E-state index is 0.0799. The van der Waals surface area contributed by atoms with Crippen molar-refractivity contribution >= 4 is 40.1 Å². The van der Waals surface area contributed by atoms with Crippen LogP contribution in [0.3, 0.4) is 0 Å². The number of benzene rings is 1. The molecule has 0 saturated carbocycles. The molecule has 1 aliphatic carbocycles. The van der Waals surface area contributed by atoms with E-state index in [1.165, 1.54) is 11.3 Å². The number of ether oxygens (including phenoxy) is 2. The molecule has 4 aliphatic rings. The lowest BCUT2D eigenvalue weighted by atomic mass is 9.85. The first-order valence-corrected chi connectivity index (χ1v) is 15.6. The van der Waals surface area contributed by atoms with Crippen molar-refractivity contribution in [2.24, 2.45) is 0 Å². The number of rotatable bonds is 4. The molecule has 3 aliphatic heterocycles. The van der Waals surface area contributed by atoms with E-state index in [-0.39, 0.29) is 24.3 Å². The second-order valence-corrected chi connectivity index (χ2v) is 13.5. The van der Waals surface area contributed by atoms with Gasteiger partial charge in [0.2, 0.25) is 0 Å². The predicted molar refractivity (Wildman–Crippen MR) is 157 cm³/mol. The Kier molecular flexibility index (Phi) is 7.51. The third-order valence-corrected chi connectivity index (χ3v) is 10.2. The molecule has 0 radical (unpaired) electrons. The van der Waals surface area contributed by atoms with Gasteiger partial charge in [0.05, 0.1) is 15.4 Å². The van der Waals surface area contributed by atoms with Crippen molar-refractivity contribution < 1.29 is 28.7 Å². The molecule has 2 amide bonds. The highest BCUT2D eigenvalue weighted by Crippen LogP contribution is 2.42. The first kappa shape index (κ1) is 28.7. The van der Waals surface area contributed by atoms with Gasteiger partial charge in [-0.1, -0.05) is 30.3 Å². The summed E-state index contributed by atoms with van der Waals surface area (Å²) in [6, 6.07) is 9.63. The average Bonchev–Trinajstić information content (AvgIpc) is 3.43. The Bertz CT molecular complexity index is 1400. The van der Waals surface area contributed by atoms with E-state index < -0.39 is 23.2 Å². The maximum Gasteiger partial charge on any atom is 0.411 e. The number of carbonyl (C=O) groups is 4. The van der Waals surface area contributed by atoms with E-state index in [2.05, 4.69) is 4.90 Å². The van der Waals surface area contributed by atoms with Gasteiger partial charge in [-0.05, 0) is 50.7 Å². The molecule has 1 aromatic heterocycles. The fourth-order valence-electron chi connectivity index (χ4n) is 7.12. The predicted octanol–water partition coefficient (Wildman–Crippen LogP) is 3.87. The van der Waals surface area contributed by atoms with Crippen molar-refractivity contribution in [1.82, 2.24) is 14.7 Å². The van der Waals surface area contributed by atoms with Gasteiger partial charge in [-0.3, -0.25) is 19.4 Å². The highest BCUT2D eigenvalue weighted by Gasteiger charge is 2.60. The zero-order chi connectivity index (χ0) is 29.6. The number of Topliss-reactive ketones (excluding diaryl/α,β-unsaturated/α-hetero) is 1. The normalized spacial score (nSPS) is 24.5. The molecule has 1 unspecified atom stereocenters. The van der Waals surface area contributed by atoms with Crippen molar-refractivity contribution in [3.8, 4) is 0 Å². The summed E-state index contributed by atoms with van der Waals surface area (Å²) in [6.45, 7) is 6.31. The molecular weight excluding hydrogens is 556 g/mol. The Labute approximate surface area is 249 Å². The summed E-state index contributed by atoms with van der Waals surface area (Å²) in [5.74, 6) is -0.410. The average molecular weight is 595 g/mol. The van der Waals surface area contributed by atoms with Gasteiger partial charge < -0.3 is 20.1 Å². The summed E-state index contributed by atoms with van der Waals surface area (Å²) in [7, 11) is 0. The number of nitrogen functional groups attached to an aromatic ring is 1. The number of anilines is 1. The molecule has 0 bridgehead atoms. The Morgan fingerprint density at radius 1 is 1.07 bits per heavy atom. The van der Waals surface area contributed by atoms with Crippen LogP contribution in [0.15, 0.2) is 30.3 Å². The summed E-state index contributed by atoms with van der Waals surface area (Å²) in [5.41, 5.74) is 6.64. The van der Waals surface area contributed by atoms with Crippen molar-refractivity contribution in [3.63, 3.8) is 0 Å². The van der Waals surface area contributed by atoms with Gasteiger partial charge >= 0.3 is 12.1 Å². The monoisotopic (exact) mass is 594 g/mol. The zero-order valence-electron chi connectivity index (χ0n) is 24.2. The Hall–Kier alpha value is -3.44. The maximum atomic E-state index is 13.6. The number of cyclic esters (lactones) is 1. The van der Waals surface area contributed by atoms with Gasteiger partial charge in [0.1, 0.15) is 12.2 Å². The standard InChI is InChI=1S/C31H38N4O6S/c1-30(2)18-31(28(38)41-30)19-34(15-16-35(31)29(39)40-17-20-7-4-3-5-8-20)21-11-13-33(14-12-21)27(37)24-22-9-6-10-23(36)25(22)42-26(24)32/h3-5,7-8,21H,6,9-19,32H2,1-2H3. The first-order chi connectivity index (χ1) is 20.1. The fraction of sp³-hybridized carbons (Fsp3) is 0.548. The van der Waals surface area contributed by atoms with E-state index >= 15 is 0 Å². The number of piperidine rings is 1. The lowest BCUT2D eigenvalue weighted by molar-refractivity contribution is -0.156. The topological polar surface area (TPSA) is 122 Å². The number of amides is 2. The number of ketones is 1. The SMILES string of the molecule is CC1(C)CC2(CN(C3CCN(C(=O)c4c(N)sc5c4CCCC5=O)CC3)CCN2C(=O)OCc2ccccc2)C(=O)O1. The quantitative estimate of drug-likeness (QED) is 0.530. The molecule has 6 rings (SSSR count). The van der Waals surface area contributed by atoms with Crippen molar-refractivity contribution in [2.75, 3.05) is 38.5 Å².